The molecule has 3 N–H and O–H groups in total. The van der Waals surface area contributed by atoms with Crippen LogP contribution in [0.4, 0.5) is 10.5 Å². The van der Waals surface area contributed by atoms with Crippen molar-refractivity contribution in [2.45, 2.75) is 18.9 Å². The summed E-state index contributed by atoms with van der Waals surface area (Å²) in [5, 5.41) is 17.9. The second kappa shape index (κ2) is 7.44. The van der Waals surface area contributed by atoms with Crippen LogP contribution in [0.25, 0.3) is 0 Å². The van der Waals surface area contributed by atoms with Crippen molar-refractivity contribution in [3.05, 3.63) is 52.7 Å². The Labute approximate surface area is 126 Å². The molecule has 0 radical (unpaired) electrons. The van der Waals surface area contributed by atoms with Gasteiger partial charge in [0.1, 0.15) is 6.04 Å². The van der Waals surface area contributed by atoms with E-state index in [2.05, 4.69) is 10.6 Å². The highest BCUT2D eigenvalue weighted by Gasteiger charge is 2.19. The molecule has 5 nitrogen and oxygen atoms in total. The number of carboxylic acids is 1. The van der Waals surface area contributed by atoms with E-state index in [1.54, 1.807) is 11.4 Å². The fraction of sp³-hybridized carbons (Fsp3) is 0.200. The molecular formula is C15H16N2O3S. The first-order valence-electron chi connectivity index (χ1n) is 6.51. The molecule has 1 heterocycles. The minimum atomic E-state index is -1.04. The standard InChI is InChI=1S/C15H16N2O3S/c18-14(19)13(7-6-11-4-2-1-3-5-11)17-15(20)16-12-8-9-21-10-12/h1-5,8-10,13H,6-7H2,(H,18,19)(H2,16,17,20). The lowest BCUT2D eigenvalue weighted by atomic mass is 10.1. The van der Waals surface area contributed by atoms with E-state index in [1.165, 1.54) is 11.3 Å². The van der Waals surface area contributed by atoms with Crippen LogP contribution in [-0.2, 0) is 11.2 Å². The Bertz CT molecular complexity index is 584. The summed E-state index contributed by atoms with van der Waals surface area (Å²) in [5.41, 5.74) is 1.70. The van der Waals surface area contributed by atoms with Gasteiger partial charge in [0.2, 0.25) is 0 Å². The average molecular weight is 304 g/mol. The number of nitrogens with one attached hydrogen (secondary N) is 2. The van der Waals surface area contributed by atoms with E-state index in [0.29, 0.717) is 18.5 Å². The Morgan fingerprint density at radius 1 is 1.19 bits per heavy atom. The fourth-order valence-electron chi connectivity index (χ4n) is 1.87. The van der Waals surface area contributed by atoms with Crippen LogP contribution < -0.4 is 10.6 Å². The third-order valence-electron chi connectivity index (χ3n) is 2.95. The Morgan fingerprint density at radius 2 is 1.95 bits per heavy atom. The topological polar surface area (TPSA) is 78.4 Å². The van der Waals surface area contributed by atoms with Gasteiger partial charge < -0.3 is 15.7 Å². The molecule has 0 aliphatic heterocycles. The van der Waals surface area contributed by atoms with Crippen LogP contribution in [-0.4, -0.2) is 23.1 Å². The Balaban J connectivity index is 1.87. The molecule has 110 valence electrons. The van der Waals surface area contributed by atoms with Gasteiger partial charge in [-0.3, -0.25) is 0 Å². The summed E-state index contributed by atoms with van der Waals surface area (Å²) >= 11 is 1.46. The van der Waals surface area contributed by atoms with Crippen LogP contribution in [0.5, 0.6) is 0 Å². The van der Waals surface area contributed by atoms with Gasteiger partial charge in [-0.25, -0.2) is 9.59 Å². The van der Waals surface area contributed by atoms with Crippen molar-refractivity contribution >= 4 is 29.0 Å². The largest absolute Gasteiger partial charge is 0.480 e. The van der Waals surface area contributed by atoms with Gasteiger partial charge in [0.15, 0.2) is 0 Å². The molecule has 0 spiro atoms. The second-order valence-electron chi connectivity index (χ2n) is 4.53. The quantitative estimate of drug-likeness (QED) is 0.767. The molecule has 6 heteroatoms. The van der Waals surface area contributed by atoms with Crippen molar-refractivity contribution in [2.24, 2.45) is 0 Å². The Morgan fingerprint density at radius 3 is 2.57 bits per heavy atom. The molecule has 0 fully saturated rings. The van der Waals surface area contributed by atoms with Crippen molar-refractivity contribution in [3.8, 4) is 0 Å². The van der Waals surface area contributed by atoms with E-state index in [1.807, 2.05) is 35.7 Å². The molecule has 1 aromatic heterocycles. The predicted octanol–water partition coefficient (Wildman–Crippen LogP) is 2.96. The molecule has 1 unspecified atom stereocenters. The maximum atomic E-state index is 11.8. The first-order valence-corrected chi connectivity index (χ1v) is 7.46. The van der Waals surface area contributed by atoms with Gasteiger partial charge >= 0.3 is 12.0 Å². The molecular weight excluding hydrogens is 288 g/mol. The van der Waals surface area contributed by atoms with Crippen LogP contribution in [0.2, 0.25) is 0 Å². The lowest BCUT2D eigenvalue weighted by Crippen LogP contribution is -2.43. The van der Waals surface area contributed by atoms with Crippen LogP contribution in [0.1, 0.15) is 12.0 Å². The number of amides is 2. The first kappa shape index (κ1) is 15.1. The third kappa shape index (κ3) is 4.92. The van der Waals surface area contributed by atoms with Crippen molar-refractivity contribution in [1.29, 1.82) is 0 Å². The number of hydrogen-bond donors (Lipinski definition) is 3. The number of hydrogen-bond acceptors (Lipinski definition) is 3. The minimum absolute atomic E-state index is 0.344. The Kier molecular flexibility index (Phi) is 5.34. The maximum absolute atomic E-state index is 11.8. The normalized spacial score (nSPS) is 11.6. The summed E-state index contributed by atoms with van der Waals surface area (Å²) in [6.07, 6.45) is 0.937. The van der Waals surface area contributed by atoms with Crippen molar-refractivity contribution < 1.29 is 14.7 Å². The van der Waals surface area contributed by atoms with E-state index in [4.69, 9.17) is 0 Å². The number of carboxylic acid groups (broad SMARTS) is 1. The number of carbonyl (C=O) groups is 2. The zero-order valence-corrected chi connectivity index (χ0v) is 12.1. The number of anilines is 1. The lowest BCUT2D eigenvalue weighted by Gasteiger charge is -2.14. The van der Waals surface area contributed by atoms with Crippen LogP contribution in [0.3, 0.4) is 0 Å². The van der Waals surface area contributed by atoms with E-state index in [0.717, 1.165) is 5.56 Å². The van der Waals surface area contributed by atoms with Gasteiger partial charge in [0.25, 0.3) is 0 Å². The zero-order valence-electron chi connectivity index (χ0n) is 11.3. The van der Waals surface area contributed by atoms with E-state index < -0.39 is 18.0 Å². The van der Waals surface area contributed by atoms with Gasteiger partial charge in [-0.05, 0) is 29.9 Å². The molecule has 0 saturated heterocycles. The number of urea groups is 1. The highest BCUT2D eigenvalue weighted by molar-refractivity contribution is 7.08. The molecule has 1 atom stereocenters. The van der Waals surface area contributed by atoms with Gasteiger partial charge in [-0.1, -0.05) is 30.3 Å². The number of thiophene rings is 1. The third-order valence-corrected chi connectivity index (χ3v) is 3.63. The number of rotatable bonds is 6. The highest BCUT2D eigenvalue weighted by Crippen LogP contribution is 2.11. The predicted molar refractivity (Wildman–Crippen MR) is 82.7 cm³/mol. The molecule has 0 aliphatic rings. The van der Waals surface area contributed by atoms with E-state index in [9.17, 15) is 14.7 Å². The van der Waals surface area contributed by atoms with E-state index in [-0.39, 0.29) is 0 Å². The lowest BCUT2D eigenvalue weighted by molar-refractivity contribution is -0.139. The van der Waals surface area contributed by atoms with Crippen molar-refractivity contribution in [3.63, 3.8) is 0 Å². The number of carbonyl (C=O) groups excluding carboxylic acids is 1. The summed E-state index contributed by atoms with van der Waals surface area (Å²) in [7, 11) is 0. The van der Waals surface area contributed by atoms with Crippen LogP contribution in [0.15, 0.2) is 47.2 Å². The summed E-state index contributed by atoms with van der Waals surface area (Å²) in [5.74, 6) is -1.04. The average Bonchev–Trinajstić information content (AvgIpc) is 2.97. The number of aliphatic carboxylic acids is 1. The van der Waals surface area contributed by atoms with Gasteiger partial charge in [-0.2, -0.15) is 11.3 Å². The maximum Gasteiger partial charge on any atom is 0.326 e. The SMILES string of the molecule is O=C(Nc1ccsc1)NC(CCc1ccccc1)C(=O)O. The zero-order chi connectivity index (χ0) is 15.1. The van der Waals surface area contributed by atoms with Crippen LogP contribution in [0, 0.1) is 0 Å². The molecule has 2 amide bonds. The molecule has 1 aromatic carbocycles. The van der Waals surface area contributed by atoms with Crippen LogP contribution >= 0.6 is 11.3 Å². The Hall–Kier alpha value is -2.34. The highest BCUT2D eigenvalue weighted by atomic mass is 32.1. The van der Waals surface area contributed by atoms with Gasteiger partial charge in [0, 0.05) is 5.38 Å². The monoisotopic (exact) mass is 304 g/mol. The van der Waals surface area contributed by atoms with Gasteiger partial charge in [0.05, 0.1) is 5.69 Å². The second-order valence-corrected chi connectivity index (χ2v) is 5.31. The molecule has 21 heavy (non-hydrogen) atoms. The molecule has 2 aromatic rings. The summed E-state index contributed by atoms with van der Waals surface area (Å²) in [6.45, 7) is 0. The molecule has 0 bridgehead atoms. The van der Waals surface area contributed by atoms with E-state index >= 15 is 0 Å². The summed E-state index contributed by atoms with van der Waals surface area (Å²) in [4.78, 5) is 23.0. The molecule has 0 saturated carbocycles. The number of benzene rings is 1. The first-order chi connectivity index (χ1) is 10.1. The summed E-state index contributed by atoms with van der Waals surface area (Å²) < 4.78 is 0. The summed E-state index contributed by atoms with van der Waals surface area (Å²) in [6, 6.07) is 9.92. The minimum Gasteiger partial charge on any atom is -0.480 e. The molecule has 0 aliphatic carbocycles. The smallest absolute Gasteiger partial charge is 0.326 e. The van der Waals surface area contributed by atoms with Crippen molar-refractivity contribution in [2.75, 3.05) is 5.32 Å². The van der Waals surface area contributed by atoms with Crippen molar-refractivity contribution in [1.82, 2.24) is 5.32 Å². The number of aryl methyl sites for hydroxylation is 1. The molecule has 2 rings (SSSR count). The van der Waals surface area contributed by atoms with Gasteiger partial charge in [-0.15, -0.1) is 0 Å². The fourth-order valence-corrected chi connectivity index (χ4v) is 2.46.